The number of hydrogen-bond acceptors (Lipinski definition) is 1. The first-order valence-electron chi connectivity index (χ1n) is 20.3. The molecule has 11 rings (SSSR count). The van der Waals surface area contributed by atoms with E-state index in [2.05, 4.69) is 241 Å². The predicted octanol–water partition coefficient (Wildman–Crippen LogP) is 16.4. The summed E-state index contributed by atoms with van der Waals surface area (Å²) in [4.78, 5) is 2.38. The van der Waals surface area contributed by atoms with Crippen LogP contribution in [0.1, 0.15) is 0 Å². The van der Waals surface area contributed by atoms with E-state index in [-0.39, 0.29) is 0 Å². The van der Waals surface area contributed by atoms with Crippen LogP contribution in [0.25, 0.3) is 87.6 Å². The Labute approximate surface area is 344 Å². The molecule has 0 atom stereocenters. The molecule has 0 fully saturated rings. The van der Waals surface area contributed by atoms with Crippen LogP contribution in [0.3, 0.4) is 0 Å². The molecule has 11 aromatic carbocycles. The summed E-state index contributed by atoms with van der Waals surface area (Å²) >= 11 is 0. The monoisotopic (exact) mass is 749 g/mol. The lowest BCUT2D eigenvalue weighted by Crippen LogP contribution is -2.10. The van der Waals surface area contributed by atoms with Gasteiger partial charge in [0.1, 0.15) is 0 Å². The molecule has 1 nitrogen and oxygen atoms in total. The van der Waals surface area contributed by atoms with E-state index < -0.39 is 0 Å². The van der Waals surface area contributed by atoms with E-state index in [1.807, 2.05) is 0 Å². The topological polar surface area (TPSA) is 3.24 Å². The van der Waals surface area contributed by atoms with Crippen molar-refractivity contribution in [2.75, 3.05) is 4.90 Å². The molecule has 0 saturated heterocycles. The summed E-state index contributed by atoms with van der Waals surface area (Å²) in [5, 5.41) is 10.1. The lowest BCUT2D eigenvalue weighted by Gasteiger charge is -2.26. The molecular weight excluding hydrogens is 711 g/mol. The van der Waals surface area contributed by atoms with Crippen molar-refractivity contribution in [3.8, 4) is 44.5 Å². The fourth-order valence-electron chi connectivity index (χ4n) is 8.75. The molecule has 0 spiro atoms. The Hall–Kier alpha value is -7.74. The smallest absolute Gasteiger partial charge is 0.0467 e. The second kappa shape index (κ2) is 14.6. The van der Waals surface area contributed by atoms with Crippen molar-refractivity contribution < 1.29 is 0 Å². The third kappa shape index (κ3) is 6.49. The molecule has 0 aromatic heterocycles. The Morgan fingerprint density at radius 1 is 0.203 bits per heavy atom. The van der Waals surface area contributed by atoms with Crippen molar-refractivity contribution in [2.24, 2.45) is 0 Å². The first kappa shape index (κ1) is 34.5. The van der Waals surface area contributed by atoms with Gasteiger partial charge in [0, 0.05) is 17.1 Å². The van der Waals surface area contributed by atoms with Gasteiger partial charge in [0.25, 0.3) is 0 Å². The van der Waals surface area contributed by atoms with E-state index in [1.54, 1.807) is 0 Å². The maximum absolute atomic E-state index is 2.38. The zero-order valence-corrected chi connectivity index (χ0v) is 32.5. The van der Waals surface area contributed by atoms with Crippen molar-refractivity contribution in [2.45, 2.75) is 0 Å². The van der Waals surface area contributed by atoms with Crippen LogP contribution in [-0.2, 0) is 0 Å². The number of hydrogen-bond donors (Lipinski definition) is 0. The van der Waals surface area contributed by atoms with Gasteiger partial charge in [-0.15, -0.1) is 0 Å². The van der Waals surface area contributed by atoms with E-state index in [1.165, 1.54) is 87.6 Å². The quantitative estimate of drug-likeness (QED) is 0.147. The minimum absolute atomic E-state index is 1.10. The molecule has 0 radical (unpaired) electrons. The molecule has 11 aromatic rings. The first-order chi connectivity index (χ1) is 29.2. The Balaban J connectivity index is 0.968. The Bertz CT molecular complexity index is 3300. The minimum atomic E-state index is 1.10. The van der Waals surface area contributed by atoms with Gasteiger partial charge in [-0.3, -0.25) is 0 Å². The molecule has 59 heavy (non-hydrogen) atoms. The van der Waals surface area contributed by atoms with Crippen LogP contribution in [0, 0.1) is 0 Å². The standard InChI is InChI=1S/C58H39N/c1-3-12-47-37-49(25-23-40(47)9-1)44-21-19-42(20-22-44)43-27-32-52(33-28-43)59(53-34-29-45(30-35-53)50-26-24-41-10-2-4-13-48(41)38-50)54-15-7-14-51(39-54)56-17-8-18-57-55-16-6-5-11-46(55)31-36-58(56)57/h1-39H. The highest BCUT2D eigenvalue weighted by atomic mass is 15.1. The summed E-state index contributed by atoms with van der Waals surface area (Å²) in [7, 11) is 0. The van der Waals surface area contributed by atoms with Crippen molar-refractivity contribution in [1.29, 1.82) is 0 Å². The van der Waals surface area contributed by atoms with Gasteiger partial charge in [-0.05, 0) is 136 Å². The van der Waals surface area contributed by atoms with Crippen LogP contribution in [-0.4, -0.2) is 0 Å². The van der Waals surface area contributed by atoms with E-state index in [0.29, 0.717) is 0 Å². The average molecular weight is 750 g/mol. The molecule has 0 saturated carbocycles. The maximum Gasteiger partial charge on any atom is 0.0467 e. The number of rotatable bonds is 7. The van der Waals surface area contributed by atoms with Crippen LogP contribution in [0.15, 0.2) is 237 Å². The van der Waals surface area contributed by atoms with Crippen molar-refractivity contribution >= 4 is 60.2 Å². The van der Waals surface area contributed by atoms with Crippen LogP contribution in [0.2, 0.25) is 0 Å². The molecule has 0 aliphatic heterocycles. The Kier molecular flexibility index (Phi) is 8.56. The molecule has 0 bridgehead atoms. The first-order valence-corrected chi connectivity index (χ1v) is 20.3. The highest BCUT2D eigenvalue weighted by Gasteiger charge is 2.16. The molecule has 0 unspecified atom stereocenters. The molecule has 0 aliphatic rings. The molecule has 0 aliphatic carbocycles. The zero-order chi connectivity index (χ0) is 39.1. The maximum atomic E-state index is 2.38. The van der Waals surface area contributed by atoms with Crippen LogP contribution in [0.5, 0.6) is 0 Å². The summed E-state index contributed by atoms with van der Waals surface area (Å²) in [6.45, 7) is 0. The zero-order valence-electron chi connectivity index (χ0n) is 32.5. The molecule has 0 heterocycles. The highest BCUT2D eigenvalue weighted by molar-refractivity contribution is 6.12. The third-order valence-corrected chi connectivity index (χ3v) is 11.8. The van der Waals surface area contributed by atoms with E-state index in [9.17, 15) is 0 Å². The molecule has 1 heteroatoms. The van der Waals surface area contributed by atoms with Gasteiger partial charge < -0.3 is 4.90 Å². The Morgan fingerprint density at radius 3 is 1.24 bits per heavy atom. The van der Waals surface area contributed by atoms with Gasteiger partial charge >= 0.3 is 0 Å². The van der Waals surface area contributed by atoms with Crippen molar-refractivity contribution in [3.05, 3.63) is 237 Å². The number of anilines is 3. The fraction of sp³-hybridized carbons (Fsp3) is 0. The van der Waals surface area contributed by atoms with Crippen molar-refractivity contribution in [3.63, 3.8) is 0 Å². The summed E-state index contributed by atoms with van der Waals surface area (Å²) in [6.07, 6.45) is 0. The summed E-state index contributed by atoms with van der Waals surface area (Å²) in [6, 6.07) is 86.3. The second-order valence-corrected chi connectivity index (χ2v) is 15.4. The van der Waals surface area contributed by atoms with Gasteiger partial charge in [0.15, 0.2) is 0 Å². The van der Waals surface area contributed by atoms with Gasteiger partial charge in [-0.25, -0.2) is 0 Å². The number of benzene rings is 11. The molecular formula is C58H39N. The van der Waals surface area contributed by atoms with Crippen LogP contribution in [0.4, 0.5) is 17.1 Å². The van der Waals surface area contributed by atoms with E-state index in [0.717, 1.165) is 17.1 Å². The third-order valence-electron chi connectivity index (χ3n) is 11.8. The van der Waals surface area contributed by atoms with Gasteiger partial charge in [0.2, 0.25) is 0 Å². The highest BCUT2D eigenvalue weighted by Crippen LogP contribution is 2.40. The van der Waals surface area contributed by atoms with E-state index >= 15 is 0 Å². The van der Waals surface area contributed by atoms with Crippen LogP contribution < -0.4 is 4.90 Å². The van der Waals surface area contributed by atoms with Gasteiger partial charge in [-0.2, -0.15) is 0 Å². The SMILES string of the molecule is c1cc(-c2cccc3c2ccc2ccccc23)cc(N(c2ccc(-c3ccc(-c4ccc5ccccc5c4)cc3)cc2)c2ccc(-c3ccc4ccccc4c3)cc2)c1. The predicted molar refractivity (Wildman–Crippen MR) is 253 cm³/mol. The summed E-state index contributed by atoms with van der Waals surface area (Å²) < 4.78 is 0. The Morgan fingerprint density at radius 2 is 0.644 bits per heavy atom. The number of fused-ring (bicyclic) bond motifs is 5. The largest absolute Gasteiger partial charge is 0.310 e. The minimum Gasteiger partial charge on any atom is -0.310 e. The molecule has 0 amide bonds. The lowest BCUT2D eigenvalue weighted by atomic mass is 9.94. The molecule has 0 N–H and O–H groups in total. The van der Waals surface area contributed by atoms with Crippen LogP contribution >= 0.6 is 0 Å². The second-order valence-electron chi connectivity index (χ2n) is 15.4. The number of nitrogens with zero attached hydrogens (tertiary/aromatic N) is 1. The lowest BCUT2D eigenvalue weighted by molar-refractivity contribution is 1.28. The normalized spacial score (nSPS) is 11.4. The van der Waals surface area contributed by atoms with Gasteiger partial charge in [-0.1, -0.05) is 188 Å². The average Bonchev–Trinajstić information content (AvgIpc) is 3.31. The van der Waals surface area contributed by atoms with Crippen molar-refractivity contribution in [1.82, 2.24) is 0 Å². The summed E-state index contributed by atoms with van der Waals surface area (Å²) in [5.41, 5.74) is 12.9. The molecule has 276 valence electrons. The van der Waals surface area contributed by atoms with Gasteiger partial charge in [0.05, 0.1) is 0 Å². The van der Waals surface area contributed by atoms with E-state index in [4.69, 9.17) is 0 Å². The summed E-state index contributed by atoms with van der Waals surface area (Å²) in [5.74, 6) is 0. The fourth-order valence-corrected chi connectivity index (χ4v) is 8.75.